The maximum Gasteiger partial charge on any atom is 0.241 e. The van der Waals surface area contributed by atoms with Crippen molar-refractivity contribution in [3.8, 4) is 0 Å². The number of amides is 1. The van der Waals surface area contributed by atoms with E-state index in [1.54, 1.807) is 24.3 Å². The zero-order valence-corrected chi connectivity index (χ0v) is 20.7. The van der Waals surface area contributed by atoms with E-state index in [1.807, 2.05) is 55.5 Å². The van der Waals surface area contributed by atoms with Crippen LogP contribution < -0.4 is 10.0 Å². The molecule has 0 bridgehead atoms. The Balaban J connectivity index is 1.84. The average Bonchev–Trinajstić information content (AvgIpc) is 2.75. The van der Waals surface area contributed by atoms with E-state index in [0.717, 1.165) is 26.9 Å². The third-order valence-corrected chi connectivity index (χ3v) is 7.11. The van der Waals surface area contributed by atoms with Gasteiger partial charge >= 0.3 is 0 Å². The number of aryl methyl sites for hydroxylation is 1. The van der Waals surface area contributed by atoms with Gasteiger partial charge in [-0.3, -0.25) is 4.79 Å². The lowest BCUT2D eigenvalue weighted by atomic mass is 10.0. The summed E-state index contributed by atoms with van der Waals surface area (Å²) in [6.45, 7) is 6.01. The number of halogens is 1. The summed E-state index contributed by atoms with van der Waals surface area (Å²) in [6.07, 6.45) is -0.0390. The molecular formula is C25H27BrN2O3S. The van der Waals surface area contributed by atoms with Crippen LogP contribution in [0.3, 0.4) is 0 Å². The molecule has 0 unspecified atom stereocenters. The number of carbonyl (C=O) groups is 1. The summed E-state index contributed by atoms with van der Waals surface area (Å²) in [5.41, 5.74) is 3.42. The second kappa shape index (κ2) is 10.4. The highest BCUT2D eigenvalue weighted by Crippen LogP contribution is 2.29. The van der Waals surface area contributed by atoms with Crippen molar-refractivity contribution in [1.29, 1.82) is 0 Å². The van der Waals surface area contributed by atoms with Crippen molar-refractivity contribution in [2.24, 2.45) is 0 Å². The fourth-order valence-electron chi connectivity index (χ4n) is 3.40. The van der Waals surface area contributed by atoms with Crippen LogP contribution in [-0.2, 0) is 14.8 Å². The monoisotopic (exact) mass is 514 g/mol. The molecular weight excluding hydrogens is 488 g/mol. The maximum atomic E-state index is 13.0. The normalized spacial score (nSPS) is 12.5. The Labute approximate surface area is 198 Å². The van der Waals surface area contributed by atoms with Crippen LogP contribution in [0, 0.1) is 6.92 Å². The van der Waals surface area contributed by atoms with Crippen LogP contribution in [0.2, 0.25) is 0 Å². The zero-order valence-electron chi connectivity index (χ0n) is 18.3. The molecule has 0 aliphatic heterocycles. The molecule has 32 heavy (non-hydrogen) atoms. The molecule has 0 aromatic heterocycles. The van der Waals surface area contributed by atoms with E-state index in [0.29, 0.717) is 0 Å². The van der Waals surface area contributed by atoms with Gasteiger partial charge in [0.2, 0.25) is 15.9 Å². The molecule has 0 aliphatic rings. The summed E-state index contributed by atoms with van der Waals surface area (Å²) in [5, 5.41) is 2.96. The van der Waals surface area contributed by atoms with Gasteiger partial charge in [-0.25, -0.2) is 13.1 Å². The summed E-state index contributed by atoms with van der Waals surface area (Å²) < 4.78 is 29.6. The van der Waals surface area contributed by atoms with Crippen LogP contribution in [0.1, 0.15) is 48.9 Å². The maximum absolute atomic E-state index is 13.0. The largest absolute Gasteiger partial charge is 0.326 e. The van der Waals surface area contributed by atoms with Crippen LogP contribution in [0.25, 0.3) is 0 Å². The van der Waals surface area contributed by atoms with Crippen molar-refractivity contribution in [3.63, 3.8) is 0 Å². The highest BCUT2D eigenvalue weighted by molar-refractivity contribution is 9.10. The summed E-state index contributed by atoms with van der Waals surface area (Å²) in [5.74, 6) is -0.0533. The van der Waals surface area contributed by atoms with E-state index in [1.165, 1.54) is 0 Å². The molecule has 0 heterocycles. The molecule has 1 atom stereocenters. The average molecular weight is 515 g/mol. The van der Waals surface area contributed by atoms with Crippen molar-refractivity contribution in [1.82, 2.24) is 4.72 Å². The minimum Gasteiger partial charge on any atom is -0.326 e. The number of benzene rings is 3. The second-order valence-corrected chi connectivity index (χ2v) is 10.7. The molecule has 0 radical (unpaired) electrons. The van der Waals surface area contributed by atoms with Crippen molar-refractivity contribution in [3.05, 3.63) is 94.0 Å². The van der Waals surface area contributed by atoms with E-state index in [9.17, 15) is 13.2 Å². The molecule has 3 aromatic rings. The fraction of sp³-hybridized carbons (Fsp3) is 0.240. The van der Waals surface area contributed by atoms with E-state index in [4.69, 9.17) is 0 Å². The molecule has 0 saturated heterocycles. The molecule has 168 valence electrons. The number of anilines is 1. The van der Waals surface area contributed by atoms with Crippen LogP contribution in [-0.4, -0.2) is 14.3 Å². The van der Waals surface area contributed by atoms with E-state index in [-0.39, 0.29) is 23.1 Å². The summed E-state index contributed by atoms with van der Waals surface area (Å²) >= 11 is 3.47. The van der Waals surface area contributed by atoms with Crippen molar-refractivity contribution >= 4 is 37.5 Å². The van der Waals surface area contributed by atoms with Gasteiger partial charge in [-0.1, -0.05) is 77.8 Å². The molecule has 0 aliphatic carbocycles. The van der Waals surface area contributed by atoms with Gasteiger partial charge in [-0.05, 0) is 54.3 Å². The molecule has 2 N–H and O–H groups in total. The SMILES string of the molecule is Cc1ccc(S(=O)(=O)N[C@H](CC(=O)Nc2ccc(Br)cc2C(C)C)c2ccccc2)cc1. The number of rotatable bonds is 8. The Bertz CT molecular complexity index is 1180. The Kier molecular flexibility index (Phi) is 7.87. The van der Waals surface area contributed by atoms with E-state index >= 15 is 0 Å². The highest BCUT2D eigenvalue weighted by atomic mass is 79.9. The lowest BCUT2D eigenvalue weighted by Gasteiger charge is -2.20. The molecule has 5 nitrogen and oxygen atoms in total. The number of carbonyl (C=O) groups excluding carboxylic acids is 1. The first kappa shape index (κ1) is 24.2. The molecule has 0 saturated carbocycles. The Hall–Kier alpha value is -2.48. The quantitative estimate of drug-likeness (QED) is 0.391. The van der Waals surface area contributed by atoms with Gasteiger partial charge in [0.25, 0.3) is 0 Å². The third-order valence-electron chi connectivity index (χ3n) is 5.13. The molecule has 0 fully saturated rings. The van der Waals surface area contributed by atoms with E-state index in [2.05, 4.69) is 39.8 Å². The van der Waals surface area contributed by atoms with Crippen LogP contribution in [0.5, 0.6) is 0 Å². The number of nitrogens with one attached hydrogen (secondary N) is 2. The molecule has 3 rings (SSSR count). The zero-order chi connectivity index (χ0) is 23.3. The third kappa shape index (κ3) is 6.28. The van der Waals surface area contributed by atoms with Crippen molar-refractivity contribution in [2.75, 3.05) is 5.32 Å². The van der Waals surface area contributed by atoms with Crippen molar-refractivity contribution < 1.29 is 13.2 Å². The lowest BCUT2D eigenvalue weighted by Crippen LogP contribution is -2.31. The molecule has 7 heteroatoms. The van der Waals surface area contributed by atoms with E-state index < -0.39 is 16.1 Å². The topological polar surface area (TPSA) is 75.3 Å². The number of hydrogen-bond acceptors (Lipinski definition) is 3. The van der Waals surface area contributed by atoms with Gasteiger partial charge in [0, 0.05) is 16.6 Å². The number of hydrogen-bond donors (Lipinski definition) is 2. The first-order chi connectivity index (χ1) is 15.2. The van der Waals surface area contributed by atoms with Crippen LogP contribution >= 0.6 is 15.9 Å². The van der Waals surface area contributed by atoms with Gasteiger partial charge < -0.3 is 5.32 Å². The Morgan fingerprint density at radius 3 is 2.25 bits per heavy atom. The highest BCUT2D eigenvalue weighted by Gasteiger charge is 2.24. The fourth-order valence-corrected chi connectivity index (χ4v) is 5.00. The van der Waals surface area contributed by atoms with Gasteiger partial charge in [0.05, 0.1) is 10.9 Å². The Morgan fingerprint density at radius 1 is 0.969 bits per heavy atom. The minimum atomic E-state index is -3.81. The summed E-state index contributed by atoms with van der Waals surface area (Å²) in [6, 6.07) is 20.8. The minimum absolute atomic E-state index is 0.0390. The molecule has 0 spiro atoms. The van der Waals surface area contributed by atoms with Gasteiger partial charge in [0.1, 0.15) is 0 Å². The smallest absolute Gasteiger partial charge is 0.241 e. The Morgan fingerprint density at radius 2 is 1.62 bits per heavy atom. The van der Waals surface area contributed by atoms with Crippen molar-refractivity contribution in [2.45, 2.75) is 44.0 Å². The first-order valence-corrected chi connectivity index (χ1v) is 12.7. The summed E-state index contributed by atoms with van der Waals surface area (Å²) in [7, 11) is -3.81. The van der Waals surface area contributed by atoms with Gasteiger partial charge in [-0.15, -0.1) is 0 Å². The first-order valence-electron chi connectivity index (χ1n) is 10.4. The second-order valence-electron chi connectivity index (χ2n) is 8.04. The number of sulfonamides is 1. The van der Waals surface area contributed by atoms with Gasteiger partial charge in [-0.2, -0.15) is 0 Å². The van der Waals surface area contributed by atoms with Gasteiger partial charge in [0.15, 0.2) is 0 Å². The van der Waals surface area contributed by atoms with Crippen LogP contribution in [0.4, 0.5) is 5.69 Å². The van der Waals surface area contributed by atoms with Crippen LogP contribution in [0.15, 0.2) is 82.2 Å². The predicted octanol–water partition coefficient (Wildman–Crippen LogP) is 5.93. The molecule has 3 aromatic carbocycles. The predicted molar refractivity (Wildman–Crippen MR) is 132 cm³/mol. The standard InChI is InChI=1S/C25H27BrN2O3S/c1-17(2)22-15-20(26)11-14-23(22)27-25(29)16-24(19-7-5-4-6-8-19)28-32(30,31)21-12-9-18(3)10-13-21/h4-15,17,24,28H,16H2,1-3H3,(H,27,29)/t24-/m1/s1. The summed E-state index contributed by atoms with van der Waals surface area (Å²) in [4.78, 5) is 13.1. The lowest BCUT2D eigenvalue weighted by molar-refractivity contribution is -0.116. The molecule has 1 amide bonds.